The SMILES string of the molecule is COc1ccc(C(=O)Nc2ccc3n(c2=O)C[C@H]2C[C@@H]3CN(S(=O)(=O)c3ccc(Cl)cc3)C2)cc1. The van der Waals surface area contributed by atoms with Crippen LogP contribution in [-0.2, 0) is 16.6 Å². The lowest BCUT2D eigenvalue weighted by atomic mass is 9.84. The third kappa shape index (κ3) is 4.47. The molecule has 5 rings (SSSR count). The second kappa shape index (κ2) is 9.14. The normalized spacial score (nSPS) is 19.6. The number of ether oxygens (including phenoxy) is 1. The van der Waals surface area contributed by atoms with Gasteiger partial charge in [-0.3, -0.25) is 9.59 Å². The summed E-state index contributed by atoms with van der Waals surface area (Å²) in [6.07, 6.45) is 0.809. The summed E-state index contributed by atoms with van der Waals surface area (Å²) in [6, 6.07) is 16.2. The van der Waals surface area contributed by atoms with E-state index in [0.29, 0.717) is 36.0 Å². The van der Waals surface area contributed by atoms with Gasteiger partial charge in [0.2, 0.25) is 10.0 Å². The number of carbonyl (C=O) groups excluding carboxylic acids is 1. The van der Waals surface area contributed by atoms with E-state index < -0.39 is 10.0 Å². The van der Waals surface area contributed by atoms with E-state index in [-0.39, 0.29) is 33.9 Å². The molecule has 0 saturated carbocycles. The quantitative estimate of drug-likeness (QED) is 0.562. The van der Waals surface area contributed by atoms with Crippen LogP contribution >= 0.6 is 11.6 Å². The molecule has 10 heteroatoms. The Labute approximate surface area is 208 Å². The molecule has 35 heavy (non-hydrogen) atoms. The minimum Gasteiger partial charge on any atom is -0.497 e. The highest BCUT2D eigenvalue weighted by atomic mass is 35.5. The average Bonchev–Trinajstić information content (AvgIpc) is 2.86. The number of amides is 1. The highest BCUT2D eigenvalue weighted by molar-refractivity contribution is 7.89. The Morgan fingerprint density at radius 3 is 2.40 bits per heavy atom. The number of halogens is 1. The first-order valence-corrected chi connectivity index (χ1v) is 13.0. The number of hydrogen-bond donors (Lipinski definition) is 1. The van der Waals surface area contributed by atoms with Gasteiger partial charge in [0, 0.05) is 41.8 Å². The van der Waals surface area contributed by atoms with Crippen LogP contribution in [0.1, 0.15) is 28.4 Å². The fourth-order valence-corrected chi connectivity index (χ4v) is 6.57. The highest BCUT2D eigenvalue weighted by Gasteiger charge is 2.39. The standard InChI is InChI=1S/C25H24ClN3O5S/c1-34-20-6-2-17(3-7-20)24(30)27-22-10-11-23-18-12-16(14-29(23)25(22)31)13-28(15-18)35(32,33)21-8-4-19(26)5-9-21/h2-11,16,18H,12-15H2,1H3,(H,27,30)/t16-,18+/m0/s1. The summed E-state index contributed by atoms with van der Waals surface area (Å²) in [6.45, 7) is 1.01. The average molecular weight is 514 g/mol. The second-order valence-corrected chi connectivity index (χ2v) is 11.2. The number of methoxy groups -OCH3 is 1. The molecule has 1 amide bonds. The van der Waals surface area contributed by atoms with Gasteiger partial charge < -0.3 is 14.6 Å². The number of benzene rings is 2. The van der Waals surface area contributed by atoms with Crippen molar-refractivity contribution in [3.63, 3.8) is 0 Å². The number of piperidine rings is 1. The van der Waals surface area contributed by atoms with Crippen molar-refractivity contribution in [2.45, 2.75) is 23.8 Å². The molecule has 2 aliphatic heterocycles. The van der Waals surface area contributed by atoms with Gasteiger partial charge in [0.05, 0.1) is 12.0 Å². The van der Waals surface area contributed by atoms with Crippen LogP contribution in [0.4, 0.5) is 5.69 Å². The summed E-state index contributed by atoms with van der Waals surface area (Å²) in [5.41, 5.74) is 1.10. The Kier molecular flexibility index (Phi) is 6.16. The van der Waals surface area contributed by atoms with Crippen molar-refractivity contribution >= 4 is 33.2 Å². The molecular formula is C25H24ClN3O5S. The van der Waals surface area contributed by atoms with E-state index in [1.807, 2.05) is 6.07 Å². The molecule has 0 radical (unpaired) electrons. The van der Waals surface area contributed by atoms with Gasteiger partial charge >= 0.3 is 0 Å². The molecule has 182 valence electrons. The van der Waals surface area contributed by atoms with E-state index in [1.165, 1.54) is 16.4 Å². The van der Waals surface area contributed by atoms with E-state index in [1.54, 1.807) is 54.1 Å². The Bertz CT molecular complexity index is 1440. The minimum absolute atomic E-state index is 0.00596. The number of rotatable bonds is 5. The molecule has 2 aliphatic rings. The lowest BCUT2D eigenvalue weighted by Crippen LogP contribution is -2.49. The van der Waals surface area contributed by atoms with Gasteiger partial charge in [-0.2, -0.15) is 4.31 Å². The van der Waals surface area contributed by atoms with E-state index in [4.69, 9.17) is 16.3 Å². The maximum absolute atomic E-state index is 13.2. The summed E-state index contributed by atoms with van der Waals surface area (Å²) < 4.78 is 34.7. The van der Waals surface area contributed by atoms with Crippen molar-refractivity contribution in [1.29, 1.82) is 0 Å². The van der Waals surface area contributed by atoms with Crippen LogP contribution in [-0.4, -0.2) is 43.4 Å². The van der Waals surface area contributed by atoms with Crippen molar-refractivity contribution in [3.05, 3.63) is 87.3 Å². The first-order chi connectivity index (χ1) is 16.8. The van der Waals surface area contributed by atoms with E-state index in [2.05, 4.69) is 5.32 Å². The van der Waals surface area contributed by atoms with Gasteiger partial charge in [-0.15, -0.1) is 0 Å². The van der Waals surface area contributed by atoms with Crippen molar-refractivity contribution in [2.24, 2.45) is 5.92 Å². The number of hydrogen-bond acceptors (Lipinski definition) is 5. The zero-order valence-corrected chi connectivity index (χ0v) is 20.6. The van der Waals surface area contributed by atoms with Gasteiger partial charge in [-0.05, 0) is 73.0 Å². The molecule has 1 saturated heterocycles. The molecule has 0 unspecified atom stereocenters. The molecule has 3 aromatic rings. The molecule has 2 aromatic carbocycles. The van der Waals surface area contributed by atoms with Gasteiger partial charge in [-0.1, -0.05) is 11.6 Å². The number of sulfonamides is 1. The molecule has 1 fully saturated rings. The maximum atomic E-state index is 13.2. The van der Waals surface area contributed by atoms with E-state index >= 15 is 0 Å². The number of anilines is 1. The van der Waals surface area contributed by atoms with Crippen molar-refractivity contribution in [2.75, 3.05) is 25.5 Å². The largest absolute Gasteiger partial charge is 0.497 e. The summed E-state index contributed by atoms with van der Waals surface area (Å²) in [4.78, 5) is 26.1. The predicted octanol–water partition coefficient (Wildman–Crippen LogP) is 3.57. The third-order valence-corrected chi connectivity index (χ3v) is 8.72. The molecule has 0 spiro atoms. The van der Waals surface area contributed by atoms with Crippen LogP contribution in [0.3, 0.4) is 0 Å². The highest BCUT2D eigenvalue weighted by Crippen LogP contribution is 2.37. The smallest absolute Gasteiger partial charge is 0.274 e. The Balaban J connectivity index is 1.38. The number of pyridine rings is 1. The van der Waals surface area contributed by atoms with Crippen LogP contribution in [0.25, 0.3) is 0 Å². The fraction of sp³-hybridized carbons (Fsp3) is 0.280. The number of aromatic nitrogens is 1. The number of nitrogens with zero attached hydrogens (tertiary/aromatic N) is 2. The maximum Gasteiger partial charge on any atom is 0.274 e. The molecule has 0 aliphatic carbocycles. The van der Waals surface area contributed by atoms with Gasteiger partial charge in [0.1, 0.15) is 11.4 Å². The molecule has 1 aromatic heterocycles. The minimum atomic E-state index is -3.67. The van der Waals surface area contributed by atoms with E-state index in [0.717, 1.165) is 12.1 Å². The molecule has 2 atom stereocenters. The summed E-state index contributed by atoms with van der Waals surface area (Å²) in [5, 5.41) is 3.18. The number of carbonyl (C=O) groups is 1. The molecule has 3 heterocycles. The summed E-state index contributed by atoms with van der Waals surface area (Å²) in [5.74, 6) is 0.132. The van der Waals surface area contributed by atoms with Crippen LogP contribution in [0.2, 0.25) is 5.02 Å². The topological polar surface area (TPSA) is 97.7 Å². The lowest BCUT2D eigenvalue weighted by molar-refractivity contribution is 0.102. The van der Waals surface area contributed by atoms with Crippen molar-refractivity contribution in [1.82, 2.24) is 8.87 Å². The van der Waals surface area contributed by atoms with Crippen LogP contribution in [0, 0.1) is 5.92 Å². The molecule has 8 nitrogen and oxygen atoms in total. The molecular weight excluding hydrogens is 490 g/mol. The Morgan fingerprint density at radius 1 is 1.00 bits per heavy atom. The van der Waals surface area contributed by atoms with Gasteiger partial charge in [0.15, 0.2) is 0 Å². The van der Waals surface area contributed by atoms with Crippen LogP contribution in [0.5, 0.6) is 5.75 Å². The first-order valence-electron chi connectivity index (χ1n) is 11.2. The monoisotopic (exact) mass is 513 g/mol. The van der Waals surface area contributed by atoms with Crippen LogP contribution in [0.15, 0.2) is 70.4 Å². The van der Waals surface area contributed by atoms with Gasteiger partial charge in [-0.25, -0.2) is 8.42 Å². The van der Waals surface area contributed by atoms with Crippen molar-refractivity contribution < 1.29 is 17.9 Å². The summed E-state index contributed by atoms with van der Waals surface area (Å²) >= 11 is 5.92. The fourth-order valence-electron chi connectivity index (χ4n) is 4.89. The Hall–Kier alpha value is -3.14. The zero-order chi connectivity index (χ0) is 24.7. The Morgan fingerprint density at radius 2 is 1.71 bits per heavy atom. The van der Waals surface area contributed by atoms with Crippen molar-refractivity contribution in [3.8, 4) is 5.75 Å². The van der Waals surface area contributed by atoms with Gasteiger partial charge in [0.25, 0.3) is 11.5 Å². The molecule has 1 N–H and O–H groups in total. The number of fused-ring (bicyclic) bond motifs is 4. The van der Waals surface area contributed by atoms with Crippen LogP contribution < -0.4 is 15.6 Å². The zero-order valence-electron chi connectivity index (χ0n) is 19.0. The summed E-state index contributed by atoms with van der Waals surface area (Å²) in [7, 11) is -2.13. The van der Waals surface area contributed by atoms with E-state index in [9.17, 15) is 18.0 Å². The second-order valence-electron chi connectivity index (χ2n) is 8.84. The third-order valence-electron chi connectivity index (χ3n) is 6.62. The first kappa shape index (κ1) is 23.6. The molecule has 2 bridgehead atoms. The number of nitrogens with one attached hydrogen (secondary N) is 1. The lowest BCUT2D eigenvalue weighted by Gasteiger charge is -2.42. The predicted molar refractivity (Wildman–Crippen MR) is 133 cm³/mol.